The summed E-state index contributed by atoms with van der Waals surface area (Å²) in [6, 6.07) is 19.9. The zero-order valence-corrected chi connectivity index (χ0v) is 17.5. The van der Waals surface area contributed by atoms with Crippen LogP contribution in [0.3, 0.4) is 0 Å². The van der Waals surface area contributed by atoms with Crippen molar-refractivity contribution in [2.24, 2.45) is 0 Å². The lowest BCUT2D eigenvalue weighted by atomic mass is 10.1. The lowest BCUT2D eigenvalue weighted by Crippen LogP contribution is -2.43. The number of aromatic nitrogens is 1. The van der Waals surface area contributed by atoms with Gasteiger partial charge in [0, 0.05) is 18.2 Å². The van der Waals surface area contributed by atoms with Gasteiger partial charge in [-0.05, 0) is 55.2 Å². The minimum absolute atomic E-state index is 0.116. The van der Waals surface area contributed by atoms with Gasteiger partial charge >= 0.3 is 0 Å². The molecular formula is C25H25N3O3. The van der Waals surface area contributed by atoms with E-state index >= 15 is 0 Å². The zero-order chi connectivity index (χ0) is 21.6. The number of carbonyl (C=O) groups is 2. The molecule has 1 aliphatic heterocycles. The average Bonchev–Trinajstić information content (AvgIpc) is 3.31. The molecule has 1 saturated heterocycles. The molecule has 1 atom stereocenters. The maximum absolute atomic E-state index is 12.8. The van der Waals surface area contributed by atoms with Crippen LogP contribution >= 0.6 is 0 Å². The van der Waals surface area contributed by atoms with E-state index in [2.05, 4.69) is 17.2 Å². The van der Waals surface area contributed by atoms with Crippen molar-refractivity contribution < 1.29 is 14.3 Å². The first-order valence-corrected chi connectivity index (χ1v) is 10.5. The third-order valence-corrected chi connectivity index (χ3v) is 5.37. The highest BCUT2D eigenvalue weighted by Gasteiger charge is 2.34. The Labute approximate surface area is 181 Å². The van der Waals surface area contributed by atoms with Crippen LogP contribution in [-0.2, 0) is 11.2 Å². The van der Waals surface area contributed by atoms with Gasteiger partial charge in [-0.3, -0.25) is 9.59 Å². The van der Waals surface area contributed by atoms with Crippen LogP contribution in [0, 0.1) is 0 Å². The quantitative estimate of drug-likeness (QED) is 0.635. The van der Waals surface area contributed by atoms with E-state index in [0.717, 1.165) is 18.6 Å². The van der Waals surface area contributed by atoms with Crippen LogP contribution in [0.5, 0.6) is 11.6 Å². The Kier molecular flexibility index (Phi) is 6.26. The van der Waals surface area contributed by atoms with Crippen LogP contribution in [0.1, 0.15) is 35.7 Å². The van der Waals surface area contributed by atoms with E-state index in [9.17, 15) is 9.59 Å². The van der Waals surface area contributed by atoms with Gasteiger partial charge in [0.1, 0.15) is 11.8 Å². The number of nitrogens with one attached hydrogen (secondary N) is 1. The fourth-order valence-corrected chi connectivity index (χ4v) is 3.72. The van der Waals surface area contributed by atoms with Crippen LogP contribution in [0.4, 0.5) is 5.69 Å². The highest BCUT2D eigenvalue weighted by atomic mass is 16.5. The molecule has 1 aliphatic rings. The molecule has 1 N–H and O–H groups in total. The molecule has 31 heavy (non-hydrogen) atoms. The molecule has 158 valence electrons. The van der Waals surface area contributed by atoms with Crippen LogP contribution in [-0.4, -0.2) is 34.3 Å². The second kappa shape index (κ2) is 9.43. The van der Waals surface area contributed by atoms with Crippen LogP contribution in [0.2, 0.25) is 0 Å². The molecule has 2 amide bonds. The minimum atomic E-state index is -0.486. The maximum atomic E-state index is 12.8. The fourth-order valence-electron chi connectivity index (χ4n) is 3.72. The molecule has 6 heteroatoms. The Balaban J connectivity index is 1.39. The summed E-state index contributed by atoms with van der Waals surface area (Å²) in [4.78, 5) is 31.6. The summed E-state index contributed by atoms with van der Waals surface area (Å²) >= 11 is 0. The van der Waals surface area contributed by atoms with Crippen molar-refractivity contribution in [3.63, 3.8) is 0 Å². The van der Waals surface area contributed by atoms with Gasteiger partial charge in [-0.15, -0.1) is 0 Å². The van der Waals surface area contributed by atoms with Crippen molar-refractivity contribution in [1.82, 2.24) is 9.88 Å². The Morgan fingerprint density at radius 1 is 1.10 bits per heavy atom. The molecule has 0 bridgehead atoms. The summed E-state index contributed by atoms with van der Waals surface area (Å²) in [5.41, 5.74) is 2.35. The molecule has 2 aromatic carbocycles. The fraction of sp³-hybridized carbons (Fsp3) is 0.240. The first kappa shape index (κ1) is 20.6. The number of carbonyl (C=O) groups excluding carboxylic acids is 2. The Bertz CT molecular complexity index is 1050. The normalized spacial score (nSPS) is 15.5. The van der Waals surface area contributed by atoms with E-state index in [1.54, 1.807) is 35.4 Å². The smallest absolute Gasteiger partial charge is 0.254 e. The van der Waals surface area contributed by atoms with E-state index < -0.39 is 6.04 Å². The predicted molar refractivity (Wildman–Crippen MR) is 119 cm³/mol. The number of aryl methyl sites for hydroxylation is 1. The molecule has 3 aromatic rings. The maximum Gasteiger partial charge on any atom is 0.254 e. The van der Waals surface area contributed by atoms with E-state index in [-0.39, 0.29) is 11.8 Å². The van der Waals surface area contributed by atoms with Crippen molar-refractivity contribution in [3.8, 4) is 11.6 Å². The van der Waals surface area contributed by atoms with Crippen molar-refractivity contribution >= 4 is 17.5 Å². The van der Waals surface area contributed by atoms with Gasteiger partial charge in [-0.25, -0.2) is 4.98 Å². The molecule has 2 heterocycles. The summed E-state index contributed by atoms with van der Waals surface area (Å²) in [5.74, 6) is 0.861. The van der Waals surface area contributed by atoms with Gasteiger partial charge in [0.15, 0.2) is 0 Å². The lowest BCUT2D eigenvalue weighted by molar-refractivity contribution is -0.119. The molecule has 1 fully saturated rings. The number of rotatable bonds is 6. The van der Waals surface area contributed by atoms with Crippen LogP contribution in [0.15, 0.2) is 72.9 Å². The molecule has 0 aliphatic carbocycles. The highest BCUT2D eigenvalue weighted by molar-refractivity contribution is 6.01. The number of hydrogen-bond donors (Lipinski definition) is 1. The molecule has 0 spiro atoms. The van der Waals surface area contributed by atoms with E-state index in [1.807, 2.05) is 42.5 Å². The molecule has 0 saturated carbocycles. The van der Waals surface area contributed by atoms with Gasteiger partial charge in [0.25, 0.3) is 5.91 Å². The Hall–Kier alpha value is -3.67. The van der Waals surface area contributed by atoms with Crippen molar-refractivity contribution in [2.45, 2.75) is 32.2 Å². The van der Waals surface area contributed by atoms with Gasteiger partial charge in [-0.2, -0.15) is 0 Å². The molecule has 0 radical (unpaired) electrons. The highest BCUT2D eigenvalue weighted by Crippen LogP contribution is 2.24. The monoisotopic (exact) mass is 415 g/mol. The molecule has 1 aromatic heterocycles. The van der Waals surface area contributed by atoms with Gasteiger partial charge in [0.2, 0.25) is 11.8 Å². The summed E-state index contributed by atoms with van der Waals surface area (Å²) < 4.78 is 5.80. The molecule has 6 nitrogen and oxygen atoms in total. The number of nitrogens with zero attached hydrogens (tertiary/aromatic N) is 2. The summed E-state index contributed by atoms with van der Waals surface area (Å²) in [7, 11) is 0. The first-order valence-electron chi connectivity index (χ1n) is 10.5. The third kappa shape index (κ3) is 4.91. The largest absolute Gasteiger partial charge is 0.439 e. The second-order valence-corrected chi connectivity index (χ2v) is 7.50. The Morgan fingerprint density at radius 2 is 1.94 bits per heavy atom. The number of hydrogen-bond acceptors (Lipinski definition) is 4. The number of likely N-dealkylation sites (tertiary alicyclic amines) is 1. The summed E-state index contributed by atoms with van der Waals surface area (Å²) in [6.07, 6.45) is 3.95. The van der Waals surface area contributed by atoms with Crippen LogP contribution in [0.25, 0.3) is 0 Å². The molecule has 1 unspecified atom stereocenters. The number of amides is 2. The number of pyridine rings is 1. The van der Waals surface area contributed by atoms with Crippen molar-refractivity contribution in [3.05, 3.63) is 84.1 Å². The topological polar surface area (TPSA) is 71.5 Å². The third-order valence-electron chi connectivity index (χ3n) is 5.37. The summed E-state index contributed by atoms with van der Waals surface area (Å²) in [5, 5.41) is 2.88. The van der Waals surface area contributed by atoms with Crippen LogP contribution < -0.4 is 10.1 Å². The van der Waals surface area contributed by atoms with E-state index in [0.29, 0.717) is 30.1 Å². The van der Waals surface area contributed by atoms with Gasteiger partial charge in [0.05, 0.1) is 11.9 Å². The molecule has 4 rings (SSSR count). The lowest BCUT2D eigenvalue weighted by Gasteiger charge is -2.24. The SMILES string of the molecule is CCc1cccc(Oc2ccc(NC(=O)C3CCCN3C(=O)c3ccccc3)cn2)c1. The zero-order valence-electron chi connectivity index (χ0n) is 17.5. The number of ether oxygens (including phenoxy) is 1. The average molecular weight is 415 g/mol. The van der Waals surface area contributed by atoms with Gasteiger partial charge in [-0.1, -0.05) is 37.3 Å². The van der Waals surface area contributed by atoms with Gasteiger partial charge < -0.3 is 15.0 Å². The van der Waals surface area contributed by atoms with E-state index in [4.69, 9.17) is 4.74 Å². The van der Waals surface area contributed by atoms with Crippen molar-refractivity contribution in [1.29, 1.82) is 0 Å². The minimum Gasteiger partial charge on any atom is -0.439 e. The Morgan fingerprint density at radius 3 is 2.68 bits per heavy atom. The predicted octanol–water partition coefficient (Wildman–Crippen LogP) is 4.68. The van der Waals surface area contributed by atoms with Crippen molar-refractivity contribution in [2.75, 3.05) is 11.9 Å². The summed E-state index contributed by atoms with van der Waals surface area (Å²) in [6.45, 7) is 2.67. The first-order chi connectivity index (χ1) is 15.1. The molecular weight excluding hydrogens is 390 g/mol. The second-order valence-electron chi connectivity index (χ2n) is 7.50. The number of benzene rings is 2. The van der Waals surface area contributed by atoms with E-state index in [1.165, 1.54) is 5.56 Å². The standard InChI is InChI=1S/C25H25N3O3/c1-2-18-8-6-11-21(16-18)31-23-14-13-20(17-26-23)27-24(29)22-12-7-15-28(22)25(30)19-9-4-3-5-10-19/h3-6,8-11,13-14,16-17,22H,2,7,12,15H2,1H3,(H,27,29). The number of anilines is 1.